The number of benzene rings is 2. The van der Waals surface area contributed by atoms with Gasteiger partial charge in [-0.05, 0) is 42.3 Å². The third-order valence-corrected chi connectivity index (χ3v) is 3.10. The Morgan fingerprint density at radius 3 is 2.57 bits per heavy atom. The summed E-state index contributed by atoms with van der Waals surface area (Å²) in [5.74, 6) is 0.0711. The lowest BCUT2D eigenvalue weighted by Crippen LogP contribution is -2.14. The Balaban J connectivity index is 1.92. The van der Waals surface area contributed by atoms with Crippen LogP contribution in [0.1, 0.15) is 16.7 Å². The summed E-state index contributed by atoms with van der Waals surface area (Å²) in [4.78, 5) is 11.7. The molecule has 0 bridgehead atoms. The number of aromatic hydroxyl groups is 1. The number of aryl methyl sites for hydroxylation is 1. The van der Waals surface area contributed by atoms with Gasteiger partial charge in [0.25, 0.3) is 5.91 Å². The summed E-state index contributed by atoms with van der Waals surface area (Å²) in [6.07, 6.45) is 4.60. The minimum atomic E-state index is -0.326. The van der Waals surface area contributed by atoms with Crippen molar-refractivity contribution in [3.05, 3.63) is 65.2 Å². The second kappa shape index (κ2) is 7.79. The fourth-order valence-corrected chi connectivity index (χ4v) is 1.83. The van der Waals surface area contributed by atoms with Crippen molar-refractivity contribution in [2.45, 2.75) is 6.92 Å². The third-order valence-electron chi connectivity index (χ3n) is 3.10. The van der Waals surface area contributed by atoms with E-state index in [1.807, 2.05) is 31.2 Å². The molecule has 0 aliphatic carbocycles. The van der Waals surface area contributed by atoms with E-state index in [1.54, 1.807) is 18.2 Å². The molecule has 0 saturated heterocycles. The number of nitrogens with one attached hydrogen (secondary N) is 1. The van der Waals surface area contributed by atoms with Gasteiger partial charge < -0.3 is 9.84 Å². The highest BCUT2D eigenvalue weighted by Gasteiger charge is 2.00. The minimum Gasteiger partial charge on any atom is -0.504 e. The maximum Gasteiger partial charge on any atom is 0.264 e. The number of phenolic OH excluding ortho intramolecular Hbond substituents is 1. The maximum absolute atomic E-state index is 11.7. The molecule has 5 heteroatoms. The summed E-state index contributed by atoms with van der Waals surface area (Å²) < 4.78 is 5.00. The fourth-order valence-electron chi connectivity index (χ4n) is 1.83. The monoisotopic (exact) mass is 310 g/mol. The first-order valence-corrected chi connectivity index (χ1v) is 7.03. The number of rotatable bonds is 5. The van der Waals surface area contributed by atoms with Crippen molar-refractivity contribution in [3.8, 4) is 11.5 Å². The van der Waals surface area contributed by atoms with E-state index in [9.17, 15) is 9.90 Å². The summed E-state index contributed by atoms with van der Waals surface area (Å²) in [6.45, 7) is 2.01. The molecule has 0 unspecified atom stereocenters. The number of carbonyl (C=O) groups is 1. The van der Waals surface area contributed by atoms with Crippen molar-refractivity contribution in [1.82, 2.24) is 5.43 Å². The first-order valence-electron chi connectivity index (χ1n) is 7.03. The van der Waals surface area contributed by atoms with Gasteiger partial charge in [0.2, 0.25) is 0 Å². The van der Waals surface area contributed by atoms with Crippen molar-refractivity contribution in [3.63, 3.8) is 0 Å². The van der Waals surface area contributed by atoms with Gasteiger partial charge in [0.1, 0.15) is 0 Å². The van der Waals surface area contributed by atoms with Crippen LogP contribution in [0.15, 0.2) is 53.6 Å². The molecule has 0 aromatic heterocycles. The fraction of sp³-hybridized carbons (Fsp3) is 0.111. The van der Waals surface area contributed by atoms with Gasteiger partial charge in [-0.1, -0.05) is 29.8 Å². The predicted molar refractivity (Wildman–Crippen MR) is 90.6 cm³/mol. The summed E-state index contributed by atoms with van der Waals surface area (Å²) >= 11 is 0. The first kappa shape index (κ1) is 16.3. The number of ether oxygens (including phenoxy) is 1. The molecule has 0 fully saturated rings. The van der Waals surface area contributed by atoms with Crippen LogP contribution in [-0.2, 0) is 4.79 Å². The van der Waals surface area contributed by atoms with E-state index in [4.69, 9.17) is 4.74 Å². The molecule has 2 N–H and O–H groups in total. The van der Waals surface area contributed by atoms with Gasteiger partial charge in [0.05, 0.1) is 13.3 Å². The van der Waals surface area contributed by atoms with Gasteiger partial charge in [0.15, 0.2) is 11.5 Å². The molecule has 1 amide bonds. The lowest BCUT2D eigenvalue weighted by molar-refractivity contribution is -0.116. The largest absolute Gasteiger partial charge is 0.504 e. The van der Waals surface area contributed by atoms with Gasteiger partial charge in [-0.15, -0.1) is 0 Å². The molecule has 2 aromatic carbocycles. The van der Waals surface area contributed by atoms with Crippen molar-refractivity contribution in [2.75, 3.05) is 7.11 Å². The molecule has 2 rings (SSSR count). The number of phenols is 1. The number of amides is 1. The Kier molecular flexibility index (Phi) is 5.52. The van der Waals surface area contributed by atoms with Crippen molar-refractivity contribution >= 4 is 18.2 Å². The summed E-state index contributed by atoms with van der Waals surface area (Å²) in [5, 5.41) is 13.4. The van der Waals surface area contributed by atoms with Crippen LogP contribution in [-0.4, -0.2) is 24.3 Å². The number of methoxy groups -OCH3 is 1. The normalized spacial score (nSPS) is 11.0. The van der Waals surface area contributed by atoms with Gasteiger partial charge in [-0.3, -0.25) is 4.79 Å². The van der Waals surface area contributed by atoms with E-state index in [1.165, 1.54) is 31.0 Å². The highest BCUT2D eigenvalue weighted by Crippen LogP contribution is 2.25. The molecule has 0 atom stereocenters. The van der Waals surface area contributed by atoms with Gasteiger partial charge in [0, 0.05) is 6.08 Å². The average Bonchev–Trinajstić information content (AvgIpc) is 2.56. The van der Waals surface area contributed by atoms with Crippen LogP contribution in [0.3, 0.4) is 0 Å². The third kappa shape index (κ3) is 5.00. The van der Waals surface area contributed by atoms with Crippen LogP contribution < -0.4 is 10.2 Å². The highest BCUT2D eigenvalue weighted by molar-refractivity contribution is 5.92. The van der Waals surface area contributed by atoms with Crippen molar-refractivity contribution in [1.29, 1.82) is 0 Å². The predicted octanol–water partition coefficient (Wildman–Crippen LogP) is 2.87. The van der Waals surface area contributed by atoms with Gasteiger partial charge >= 0.3 is 0 Å². The SMILES string of the molecule is COc1cc(/C=N\NC(=O)/C=C/c2ccc(C)cc2)ccc1O. The Labute approximate surface area is 134 Å². The van der Waals surface area contributed by atoms with Crippen LogP contribution in [0.4, 0.5) is 0 Å². The Bertz CT molecular complexity index is 734. The molecule has 5 nitrogen and oxygen atoms in total. The Morgan fingerprint density at radius 2 is 1.87 bits per heavy atom. The molecular weight excluding hydrogens is 292 g/mol. The van der Waals surface area contributed by atoms with Crippen LogP contribution in [0.2, 0.25) is 0 Å². The molecule has 0 aliphatic rings. The highest BCUT2D eigenvalue weighted by atomic mass is 16.5. The van der Waals surface area contributed by atoms with Crippen LogP contribution in [0.25, 0.3) is 6.08 Å². The molecule has 0 saturated carbocycles. The van der Waals surface area contributed by atoms with E-state index in [2.05, 4.69) is 10.5 Å². The first-order chi connectivity index (χ1) is 11.1. The number of hydrogen-bond donors (Lipinski definition) is 2. The second-order valence-corrected chi connectivity index (χ2v) is 4.91. The number of hydrazone groups is 1. The quantitative estimate of drug-likeness (QED) is 0.507. The molecule has 0 spiro atoms. The Morgan fingerprint density at radius 1 is 1.17 bits per heavy atom. The number of nitrogens with zero attached hydrogens (tertiary/aromatic N) is 1. The van der Waals surface area contributed by atoms with Crippen molar-refractivity contribution in [2.24, 2.45) is 5.10 Å². The molecular formula is C18H18N2O3. The van der Waals surface area contributed by atoms with E-state index in [-0.39, 0.29) is 11.7 Å². The summed E-state index contributed by atoms with van der Waals surface area (Å²) in [5.41, 5.74) is 5.21. The minimum absolute atomic E-state index is 0.0507. The zero-order valence-corrected chi connectivity index (χ0v) is 13.0. The van der Waals surface area contributed by atoms with E-state index in [0.717, 1.165) is 5.56 Å². The van der Waals surface area contributed by atoms with Crippen molar-refractivity contribution < 1.29 is 14.6 Å². The lowest BCUT2D eigenvalue weighted by Gasteiger charge is -2.03. The molecule has 0 radical (unpaired) electrons. The second-order valence-electron chi connectivity index (χ2n) is 4.91. The molecule has 0 aliphatic heterocycles. The smallest absolute Gasteiger partial charge is 0.264 e. The lowest BCUT2D eigenvalue weighted by atomic mass is 10.1. The topological polar surface area (TPSA) is 70.9 Å². The summed E-state index contributed by atoms with van der Waals surface area (Å²) in [6, 6.07) is 12.6. The summed E-state index contributed by atoms with van der Waals surface area (Å²) in [7, 11) is 1.47. The zero-order chi connectivity index (χ0) is 16.7. The van der Waals surface area contributed by atoms with Crippen LogP contribution in [0, 0.1) is 6.92 Å². The number of hydrogen-bond acceptors (Lipinski definition) is 4. The van der Waals surface area contributed by atoms with Crippen LogP contribution >= 0.6 is 0 Å². The van der Waals surface area contributed by atoms with E-state index < -0.39 is 0 Å². The average molecular weight is 310 g/mol. The molecule has 23 heavy (non-hydrogen) atoms. The maximum atomic E-state index is 11.7. The Hall–Kier alpha value is -3.08. The molecule has 2 aromatic rings. The van der Waals surface area contributed by atoms with Gasteiger partial charge in [-0.25, -0.2) is 5.43 Å². The van der Waals surface area contributed by atoms with Gasteiger partial charge in [-0.2, -0.15) is 5.10 Å². The molecule has 118 valence electrons. The number of carbonyl (C=O) groups excluding carboxylic acids is 1. The van der Waals surface area contributed by atoms with E-state index >= 15 is 0 Å². The van der Waals surface area contributed by atoms with E-state index in [0.29, 0.717) is 11.3 Å². The zero-order valence-electron chi connectivity index (χ0n) is 13.0. The van der Waals surface area contributed by atoms with Crippen LogP contribution in [0.5, 0.6) is 11.5 Å². The molecule has 0 heterocycles. The standard InChI is InChI=1S/C18H18N2O3/c1-13-3-5-14(6-4-13)8-10-18(22)20-19-12-15-7-9-16(21)17(11-15)23-2/h3-12,21H,1-2H3,(H,20,22)/b10-8+,19-12-.